The molecule has 1 aromatic carbocycles. The Labute approximate surface area is 111 Å². The van der Waals surface area contributed by atoms with Crippen molar-refractivity contribution in [1.29, 1.82) is 0 Å². The second-order valence-corrected chi connectivity index (χ2v) is 5.82. The van der Waals surface area contributed by atoms with Crippen molar-refractivity contribution in [1.82, 2.24) is 0 Å². The molecule has 1 aliphatic carbocycles. The molecule has 1 nitrogen and oxygen atoms in total. The van der Waals surface area contributed by atoms with Crippen LogP contribution in [0.2, 0.25) is 0 Å². The summed E-state index contributed by atoms with van der Waals surface area (Å²) in [5.41, 5.74) is 1.91. The molecule has 0 aromatic heterocycles. The van der Waals surface area contributed by atoms with E-state index in [1.807, 2.05) is 0 Å². The highest BCUT2D eigenvalue weighted by Crippen LogP contribution is 2.40. The van der Waals surface area contributed by atoms with Crippen molar-refractivity contribution in [2.45, 2.75) is 64.4 Å². The van der Waals surface area contributed by atoms with Gasteiger partial charge in [-0.15, -0.1) is 0 Å². The standard InChI is InChI=1S/C17H26O/c1-3-6-15-9-11-17(18,12-10-15)16-8-5-7-14(4-2)13-16/h5,7-8,13,15,18H,3-4,6,9-12H2,1-2H3. The van der Waals surface area contributed by atoms with Crippen LogP contribution in [-0.4, -0.2) is 5.11 Å². The van der Waals surface area contributed by atoms with Gasteiger partial charge in [0.15, 0.2) is 0 Å². The van der Waals surface area contributed by atoms with Gasteiger partial charge in [-0.3, -0.25) is 0 Å². The second kappa shape index (κ2) is 5.88. The van der Waals surface area contributed by atoms with Crippen molar-refractivity contribution in [2.24, 2.45) is 5.92 Å². The Bertz CT molecular complexity index is 375. The first kappa shape index (κ1) is 13.6. The van der Waals surface area contributed by atoms with Gasteiger partial charge in [-0.25, -0.2) is 0 Å². The van der Waals surface area contributed by atoms with E-state index in [2.05, 4.69) is 38.1 Å². The van der Waals surface area contributed by atoms with Gasteiger partial charge in [0, 0.05) is 0 Å². The summed E-state index contributed by atoms with van der Waals surface area (Å²) >= 11 is 0. The topological polar surface area (TPSA) is 20.2 Å². The fourth-order valence-corrected chi connectivity index (χ4v) is 3.22. The van der Waals surface area contributed by atoms with Crippen molar-refractivity contribution < 1.29 is 5.11 Å². The highest BCUT2D eigenvalue weighted by Gasteiger charge is 2.34. The minimum absolute atomic E-state index is 0.560. The Kier molecular flexibility index (Phi) is 4.45. The molecular weight excluding hydrogens is 220 g/mol. The first-order valence-corrected chi connectivity index (χ1v) is 7.49. The molecule has 1 aromatic rings. The van der Waals surface area contributed by atoms with Crippen molar-refractivity contribution in [3.05, 3.63) is 35.4 Å². The molecular formula is C17H26O. The monoisotopic (exact) mass is 246 g/mol. The Hall–Kier alpha value is -0.820. The third-order valence-corrected chi connectivity index (χ3v) is 4.50. The summed E-state index contributed by atoms with van der Waals surface area (Å²) in [6, 6.07) is 8.53. The molecule has 0 bridgehead atoms. The highest BCUT2D eigenvalue weighted by molar-refractivity contribution is 5.28. The van der Waals surface area contributed by atoms with Gasteiger partial charge in [0.2, 0.25) is 0 Å². The average Bonchev–Trinajstić information content (AvgIpc) is 2.42. The molecule has 0 spiro atoms. The predicted octanol–water partition coefficient (Wildman–Crippen LogP) is 4.43. The van der Waals surface area contributed by atoms with Crippen LogP contribution in [0.25, 0.3) is 0 Å². The lowest BCUT2D eigenvalue weighted by Gasteiger charge is -2.36. The zero-order valence-corrected chi connectivity index (χ0v) is 11.8. The summed E-state index contributed by atoms with van der Waals surface area (Å²) in [6.07, 6.45) is 7.87. The van der Waals surface area contributed by atoms with Crippen LogP contribution >= 0.6 is 0 Å². The maximum absolute atomic E-state index is 10.8. The van der Waals surface area contributed by atoms with Crippen LogP contribution < -0.4 is 0 Å². The molecule has 2 rings (SSSR count). The molecule has 0 atom stereocenters. The summed E-state index contributed by atoms with van der Waals surface area (Å²) in [7, 11) is 0. The van der Waals surface area contributed by atoms with Crippen molar-refractivity contribution in [3.63, 3.8) is 0 Å². The number of rotatable bonds is 4. The average molecular weight is 246 g/mol. The molecule has 0 aliphatic heterocycles. The molecule has 1 saturated carbocycles. The lowest BCUT2D eigenvalue weighted by molar-refractivity contribution is -0.0152. The van der Waals surface area contributed by atoms with Gasteiger partial charge < -0.3 is 5.11 Å². The summed E-state index contributed by atoms with van der Waals surface area (Å²) in [5.74, 6) is 0.838. The third kappa shape index (κ3) is 2.95. The molecule has 1 N–H and O–H groups in total. The van der Waals surface area contributed by atoms with Crippen LogP contribution in [0.5, 0.6) is 0 Å². The largest absolute Gasteiger partial charge is 0.385 e. The van der Waals surface area contributed by atoms with Crippen molar-refractivity contribution >= 4 is 0 Å². The van der Waals surface area contributed by atoms with Gasteiger partial charge in [0.1, 0.15) is 0 Å². The maximum Gasteiger partial charge on any atom is 0.0896 e. The molecule has 1 fully saturated rings. The quantitative estimate of drug-likeness (QED) is 0.833. The van der Waals surface area contributed by atoms with E-state index >= 15 is 0 Å². The Morgan fingerprint density at radius 1 is 1.22 bits per heavy atom. The van der Waals surface area contributed by atoms with Crippen LogP contribution in [0.3, 0.4) is 0 Å². The summed E-state index contributed by atoms with van der Waals surface area (Å²) < 4.78 is 0. The smallest absolute Gasteiger partial charge is 0.0896 e. The number of aliphatic hydroxyl groups is 1. The highest BCUT2D eigenvalue weighted by atomic mass is 16.3. The zero-order chi connectivity index (χ0) is 13.0. The van der Waals surface area contributed by atoms with Crippen molar-refractivity contribution in [3.8, 4) is 0 Å². The Morgan fingerprint density at radius 3 is 2.56 bits per heavy atom. The predicted molar refractivity (Wildman–Crippen MR) is 76.6 cm³/mol. The van der Waals surface area contributed by atoms with E-state index < -0.39 is 5.60 Å². The van der Waals surface area contributed by atoms with Crippen LogP contribution in [0.1, 0.15) is 63.5 Å². The van der Waals surface area contributed by atoms with E-state index in [0.717, 1.165) is 30.7 Å². The summed E-state index contributed by atoms with van der Waals surface area (Å²) in [4.78, 5) is 0. The van der Waals surface area contributed by atoms with E-state index in [0.29, 0.717) is 0 Å². The molecule has 100 valence electrons. The van der Waals surface area contributed by atoms with E-state index in [1.165, 1.54) is 31.2 Å². The molecule has 18 heavy (non-hydrogen) atoms. The Balaban J connectivity index is 2.08. The minimum Gasteiger partial charge on any atom is -0.385 e. The molecule has 0 unspecified atom stereocenters. The van der Waals surface area contributed by atoms with Gasteiger partial charge >= 0.3 is 0 Å². The third-order valence-electron chi connectivity index (χ3n) is 4.50. The lowest BCUT2D eigenvalue weighted by Crippen LogP contribution is -2.31. The van der Waals surface area contributed by atoms with E-state index in [4.69, 9.17) is 0 Å². The van der Waals surface area contributed by atoms with Gasteiger partial charge in [-0.1, -0.05) is 51.0 Å². The van der Waals surface area contributed by atoms with E-state index in [-0.39, 0.29) is 0 Å². The van der Waals surface area contributed by atoms with Crippen molar-refractivity contribution in [2.75, 3.05) is 0 Å². The van der Waals surface area contributed by atoms with Crippen LogP contribution in [-0.2, 0) is 12.0 Å². The van der Waals surface area contributed by atoms with Crippen LogP contribution in [0, 0.1) is 5.92 Å². The fraction of sp³-hybridized carbons (Fsp3) is 0.647. The van der Waals surface area contributed by atoms with Gasteiger partial charge in [0.05, 0.1) is 5.60 Å². The number of hydrogen-bond donors (Lipinski definition) is 1. The Morgan fingerprint density at radius 2 is 1.94 bits per heavy atom. The summed E-state index contributed by atoms with van der Waals surface area (Å²) in [6.45, 7) is 4.42. The van der Waals surface area contributed by atoms with Gasteiger partial charge in [-0.05, 0) is 49.1 Å². The number of benzene rings is 1. The molecule has 1 heteroatoms. The normalized spacial score (nSPS) is 28.3. The van der Waals surface area contributed by atoms with Crippen LogP contribution in [0.4, 0.5) is 0 Å². The summed E-state index contributed by atoms with van der Waals surface area (Å²) in [5, 5.41) is 10.8. The molecule has 0 heterocycles. The van der Waals surface area contributed by atoms with Gasteiger partial charge in [-0.2, -0.15) is 0 Å². The number of aryl methyl sites for hydroxylation is 1. The van der Waals surface area contributed by atoms with Gasteiger partial charge in [0.25, 0.3) is 0 Å². The first-order valence-electron chi connectivity index (χ1n) is 7.49. The SMILES string of the molecule is CCCC1CCC(O)(c2cccc(CC)c2)CC1. The van der Waals surface area contributed by atoms with E-state index in [1.54, 1.807) is 0 Å². The molecule has 0 saturated heterocycles. The maximum atomic E-state index is 10.8. The van der Waals surface area contributed by atoms with Crippen LogP contribution in [0.15, 0.2) is 24.3 Å². The van der Waals surface area contributed by atoms with E-state index in [9.17, 15) is 5.11 Å². The molecule has 1 aliphatic rings. The lowest BCUT2D eigenvalue weighted by atomic mass is 9.74. The first-order chi connectivity index (χ1) is 8.68. The zero-order valence-electron chi connectivity index (χ0n) is 11.8. The molecule has 0 radical (unpaired) electrons. The second-order valence-electron chi connectivity index (χ2n) is 5.82. The molecule has 0 amide bonds. The minimum atomic E-state index is -0.560. The number of hydrogen-bond acceptors (Lipinski definition) is 1. The fourth-order valence-electron chi connectivity index (χ4n) is 3.22.